The molecule has 3 nitrogen and oxygen atoms in total. The van der Waals surface area contributed by atoms with Crippen LogP contribution in [0.3, 0.4) is 0 Å². The smallest absolute Gasteiger partial charge is 0.180 e. The molecule has 2 rings (SSSR count). The lowest BCUT2D eigenvalue weighted by Crippen LogP contribution is -2.07. The Morgan fingerprint density at radius 3 is 3.29 bits per heavy atom. The van der Waals surface area contributed by atoms with Gasteiger partial charge in [-0.2, -0.15) is 11.8 Å². The maximum Gasteiger partial charge on any atom is 0.180 e. The molecule has 1 atom stereocenters. The fraction of sp³-hybridized carbons (Fsp3) is 0.667. The largest absolute Gasteiger partial charge is 0.377 e. The number of nitrogens with two attached hydrogens (primary N) is 1. The molecule has 1 saturated heterocycles. The first kappa shape index (κ1) is 10.3. The molecule has 0 saturated carbocycles. The number of anilines is 1. The normalized spacial score (nSPS) is 21.6. The number of hydrogen-bond donors (Lipinski definition) is 1. The second kappa shape index (κ2) is 5.00. The average molecular weight is 230 g/mol. The van der Waals surface area contributed by atoms with Crippen molar-refractivity contribution in [2.24, 2.45) is 0 Å². The van der Waals surface area contributed by atoms with Gasteiger partial charge in [0.25, 0.3) is 0 Å². The molecule has 0 aliphatic carbocycles. The number of ether oxygens (including phenoxy) is 1. The summed E-state index contributed by atoms with van der Waals surface area (Å²) in [6.07, 6.45) is 4.78. The number of thioether (sulfide) groups is 1. The van der Waals surface area contributed by atoms with E-state index in [0.717, 1.165) is 18.1 Å². The SMILES string of the molecule is Nc1ncc(CSCC2CCCO2)s1. The molecule has 2 N–H and O–H groups in total. The molecule has 1 aromatic heterocycles. The van der Waals surface area contributed by atoms with E-state index >= 15 is 0 Å². The summed E-state index contributed by atoms with van der Waals surface area (Å²) in [5, 5.41) is 0.665. The Bertz CT molecular complexity index is 284. The topological polar surface area (TPSA) is 48.1 Å². The molecule has 0 bridgehead atoms. The molecule has 14 heavy (non-hydrogen) atoms. The zero-order valence-corrected chi connectivity index (χ0v) is 9.57. The molecule has 1 fully saturated rings. The minimum Gasteiger partial charge on any atom is -0.377 e. The molecule has 2 heterocycles. The van der Waals surface area contributed by atoms with Gasteiger partial charge in [0.05, 0.1) is 6.10 Å². The van der Waals surface area contributed by atoms with Crippen LogP contribution in [0.1, 0.15) is 17.7 Å². The van der Waals surface area contributed by atoms with Gasteiger partial charge in [-0.25, -0.2) is 4.98 Å². The zero-order chi connectivity index (χ0) is 9.80. The van der Waals surface area contributed by atoms with Gasteiger partial charge in [0.1, 0.15) is 0 Å². The lowest BCUT2D eigenvalue weighted by Gasteiger charge is -2.07. The van der Waals surface area contributed by atoms with Gasteiger partial charge in [0, 0.05) is 29.2 Å². The van der Waals surface area contributed by atoms with Crippen LogP contribution in [-0.2, 0) is 10.5 Å². The number of thiazole rings is 1. The van der Waals surface area contributed by atoms with E-state index in [4.69, 9.17) is 10.5 Å². The molecule has 78 valence electrons. The Balaban J connectivity index is 1.67. The second-order valence-corrected chi connectivity index (χ2v) is 5.49. The Morgan fingerprint density at radius 1 is 1.71 bits per heavy atom. The molecule has 0 aromatic carbocycles. The first-order chi connectivity index (χ1) is 6.84. The summed E-state index contributed by atoms with van der Waals surface area (Å²) in [4.78, 5) is 5.27. The summed E-state index contributed by atoms with van der Waals surface area (Å²) in [5.74, 6) is 2.10. The van der Waals surface area contributed by atoms with Crippen molar-refractivity contribution in [3.63, 3.8) is 0 Å². The van der Waals surface area contributed by atoms with E-state index in [2.05, 4.69) is 4.98 Å². The van der Waals surface area contributed by atoms with Gasteiger partial charge >= 0.3 is 0 Å². The summed E-state index contributed by atoms with van der Waals surface area (Å²) < 4.78 is 5.54. The van der Waals surface area contributed by atoms with Crippen LogP contribution in [0.4, 0.5) is 5.13 Å². The third-order valence-corrected chi connectivity index (χ3v) is 4.28. The van der Waals surface area contributed by atoms with Crippen molar-refractivity contribution in [2.45, 2.75) is 24.7 Å². The van der Waals surface area contributed by atoms with E-state index in [1.165, 1.54) is 17.7 Å². The molecular formula is C9H14N2OS2. The number of nitrogens with zero attached hydrogens (tertiary/aromatic N) is 1. The van der Waals surface area contributed by atoms with Crippen molar-refractivity contribution >= 4 is 28.2 Å². The van der Waals surface area contributed by atoms with Crippen molar-refractivity contribution < 1.29 is 4.74 Å². The molecule has 0 amide bonds. The number of aromatic nitrogens is 1. The van der Waals surface area contributed by atoms with Crippen LogP contribution in [-0.4, -0.2) is 23.4 Å². The van der Waals surface area contributed by atoms with Gasteiger partial charge < -0.3 is 10.5 Å². The second-order valence-electron chi connectivity index (χ2n) is 3.31. The molecular weight excluding hydrogens is 216 g/mol. The van der Waals surface area contributed by atoms with E-state index in [-0.39, 0.29) is 0 Å². The van der Waals surface area contributed by atoms with Crippen molar-refractivity contribution in [3.05, 3.63) is 11.1 Å². The maximum atomic E-state index is 5.55. The van der Waals surface area contributed by atoms with Crippen LogP contribution in [0.2, 0.25) is 0 Å². The molecule has 5 heteroatoms. The molecule has 1 unspecified atom stereocenters. The molecule has 1 aromatic rings. The van der Waals surface area contributed by atoms with Crippen molar-refractivity contribution in [1.29, 1.82) is 0 Å². The van der Waals surface area contributed by atoms with Crippen LogP contribution >= 0.6 is 23.1 Å². The highest BCUT2D eigenvalue weighted by molar-refractivity contribution is 7.98. The standard InChI is InChI=1S/C9H14N2OS2/c10-9-11-4-8(14-9)6-13-5-7-2-1-3-12-7/h4,7H,1-3,5-6H2,(H2,10,11). The zero-order valence-electron chi connectivity index (χ0n) is 7.94. The lowest BCUT2D eigenvalue weighted by atomic mass is 10.3. The van der Waals surface area contributed by atoms with Gasteiger partial charge in [-0.05, 0) is 12.8 Å². The molecule has 0 radical (unpaired) electrons. The highest BCUT2D eigenvalue weighted by Crippen LogP contribution is 2.23. The highest BCUT2D eigenvalue weighted by atomic mass is 32.2. The van der Waals surface area contributed by atoms with Crippen LogP contribution in [0.25, 0.3) is 0 Å². The summed E-state index contributed by atoms with van der Waals surface area (Å²) in [7, 11) is 0. The highest BCUT2D eigenvalue weighted by Gasteiger charge is 2.15. The third kappa shape index (κ3) is 2.87. The number of hydrogen-bond acceptors (Lipinski definition) is 5. The maximum absolute atomic E-state index is 5.55. The Morgan fingerprint density at radius 2 is 2.64 bits per heavy atom. The van der Waals surface area contributed by atoms with E-state index in [1.54, 1.807) is 11.3 Å². The van der Waals surface area contributed by atoms with Crippen LogP contribution in [0.5, 0.6) is 0 Å². The quantitative estimate of drug-likeness (QED) is 0.861. The molecule has 1 aliphatic rings. The van der Waals surface area contributed by atoms with E-state index in [9.17, 15) is 0 Å². The van der Waals surface area contributed by atoms with Gasteiger partial charge in [0.2, 0.25) is 0 Å². The minimum absolute atomic E-state index is 0.477. The van der Waals surface area contributed by atoms with Crippen LogP contribution in [0, 0.1) is 0 Å². The monoisotopic (exact) mass is 230 g/mol. The Hall–Kier alpha value is -0.260. The van der Waals surface area contributed by atoms with E-state index in [1.807, 2.05) is 18.0 Å². The average Bonchev–Trinajstić information content (AvgIpc) is 2.77. The third-order valence-electron chi connectivity index (χ3n) is 2.14. The van der Waals surface area contributed by atoms with Gasteiger partial charge in [-0.15, -0.1) is 11.3 Å². The predicted octanol–water partition coefficient (Wildman–Crippen LogP) is 2.14. The van der Waals surface area contributed by atoms with E-state index in [0.29, 0.717) is 11.2 Å². The van der Waals surface area contributed by atoms with Gasteiger partial charge in [-0.3, -0.25) is 0 Å². The Labute approximate surface area is 92.1 Å². The van der Waals surface area contributed by atoms with Crippen molar-refractivity contribution in [2.75, 3.05) is 18.1 Å². The first-order valence-corrected chi connectivity index (χ1v) is 6.71. The summed E-state index contributed by atoms with van der Waals surface area (Å²) >= 11 is 3.48. The minimum atomic E-state index is 0.477. The predicted molar refractivity (Wildman–Crippen MR) is 61.7 cm³/mol. The van der Waals surface area contributed by atoms with Crippen LogP contribution in [0.15, 0.2) is 6.20 Å². The summed E-state index contributed by atoms with van der Waals surface area (Å²) in [6.45, 7) is 0.943. The summed E-state index contributed by atoms with van der Waals surface area (Å²) in [6, 6.07) is 0. The van der Waals surface area contributed by atoms with Crippen molar-refractivity contribution in [1.82, 2.24) is 4.98 Å². The number of nitrogen functional groups attached to an aromatic ring is 1. The fourth-order valence-electron chi connectivity index (χ4n) is 1.46. The first-order valence-electron chi connectivity index (χ1n) is 4.74. The van der Waals surface area contributed by atoms with Crippen molar-refractivity contribution in [3.8, 4) is 0 Å². The lowest BCUT2D eigenvalue weighted by molar-refractivity contribution is 0.129. The van der Waals surface area contributed by atoms with Crippen LogP contribution < -0.4 is 5.73 Å². The fourth-order valence-corrected chi connectivity index (χ4v) is 3.34. The van der Waals surface area contributed by atoms with Gasteiger partial charge in [-0.1, -0.05) is 0 Å². The molecule has 1 aliphatic heterocycles. The molecule has 0 spiro atoms. The van der Waals surface area contributed by atoms with E-state index < -0.39 is 0 Å². The van der Waals surface area contributed by atoms with Gasteiger partial charge in [0.15, 0.2) is 5.13 Å². The number of rotatable bonds is 4. The summed E-state index contributed by atoms with van der Waals surface area (Å²) in [5.41, 5.74) is 5.55. The Kier molecular flexibility index (Phi) is 3.67.